The van der Waals surface area contributed by atoms with Crippen LogP contribution in [0.25, 0.3) is 5.69 Å². The molecule has 0 fully saturated rings. The zero-order valence-corrected chi connectivity index (χ0v) is 7.19. The molecule has 2 aromatic rings. The van der Waals surface area contributed by atoms with E-state index < -0.39 is 0 Å². The minimum Gasteiger partial charge on any atom is -0.483 e. The predicted molar refractivity (Wildman–Crippen MR) is 47.8 cm³/mol. The number of para-hydroxylation sites is 1. The van der Waals surface area contributed by atoms with Crippen molar-refractivity contribution in [2.24, 2.45) is 0 Å². The molecule has 0 saturated carbocycles. The van der Waals surface area contributed by atoms with Crippen LogP contribution in [0.5, 0.6) is 0 Å². The first kappa shape index (κ1) is 9.85. The van der Waals surface area contributed by atoms with E-state index in [4.69, 9.17) is 9.90 Å². The van der Waals surface area contributed by atoms with E-state index in [-0.39, 0.29) is 6.47 Å². The summed E-state index contributed by atoms with van der Waals surface area (Å²) in [5.41, 5.74) is 0.970. The van der Waals surface area contributed by atoms with Crippen LogP contribution in [0.15, 0.2) is 36.7 Å². The largest absolute Gasteiger partial charge is 0.483 e. The molecule has 0 bridgehead atoms. The lowest BCUT2D eigenvalue weighted by Crippen LogP contribution is -1.93. The Bertz CT molecular complexity index is 360. The summed E-state index contributed by atoms with van der Waals surface area (Å²) in [5, 5.41) is 17.7. The van der Waals surface area contributed by atoms with Crippen LogP contribution in [-0.4, -0.2) is 31.8 Å². The van der Waals surface area contributed by atoms with Gasteiger partial charge >= 0.3 is 0 Å². The highest BCUT2D eigenvalue weighted by molar-refractivity contribution is 5.32. The average Bonchev–Trinajstić information content (AvgIpc) is 2.73. The average molecular weight is 192 g/mol. The van der Waals surface area contributed by atoms with Gasteiger partial charge in [-0.3, -0.25) is 4.79 Å². The molecule has 2 rings (SSSR count). The van der Waals surface area contributed by atoms with Crippen molar-refractivity contribution in [3.05, 3.63) is 36.7 Å². The Morgan fingerprint density at radius 1 is 1.29 bits per heavy atom. The van der Waals surface area contributed by atoms with Crippen molar-refractivity contribution in [3.8, 4) is 5.69 Å². The van der Waals surface area contributed by atoms with Gasteiger partial charge in [-0.15, -0.1) is 5.10 Å². The molecule has 14 heavy (non-hydrogen) atoms. The summed E-state index contributed by atoms with van der Waals surface area (Å²) in [6.07, 6.45) is 1.56. The Labute approximate surface area is 79.8 Å². The smallest absolute Gasteiger partial charge is 0.290 e. The molecule has 0 amide bonds. The third-order valence-corrected chi connectivity index (χ3v) is 1.37. The molecule has 6 heteroatoms. The highest BCUT2D eigenvalue weighted by Crippen LogP contribution is 2.01. The van der Waals surface area contributed by atoms with E-state index in [1.807, 2.05) is 30.3 Å². The Balaban J connectivity index is 0.000000293. The number of hydrogen-bond donors (Lipinski definition) is 1. The lowest BCUT2D eigenvalue weighted by atomic mass is 10.3. The maximum absolute atomic E-state index is 8.36. The van der Waals surface area contributed by atoms with Gasteiger partial charge < -0.3 is 5.11 Å². The van der Waals surface area contributed by atoms with Crippen LogP contribution in [0.3, 0.4) is 0 Å². The summed E-state index contributed by atoms with van der Waals surface area (Å²) < 4.78 is 1.61. The number of hydrogen-bond acceptors (Lipinski definition) is 4. The van der Waals surface area contributed by atoms with Crippen molar-refractivity contribution in [1.29, 1.82) is 0 Å². The molecule has 0 saturated heterocycles. The van der Waals surface area contributed by atoms with Crippen molar-refractivity contribution in [3.63, 3.8) is 0 Å². The normalized spacial score (nSPS) is 8.57. The van der Waals surface area contributed by atoms with Crippen LogP contribution < -0.4 is 0 Å². The number of carboxylic acid groups (broad SMARTS) is 1. The first-order chi connectivity index (χ1) is 6.88. The molecule has 0 atom stereocenters. The van der Waals surface area contributed by atoms with Crippen molar-refractivity contribution >= 4 is 6.47 Å². The lowest BCUT2D eigenvalue weighted by Gasteiger charge is -1.94. The first-order valence-electron chi connectivity index (χ1n) is 3.74. The van der Waals surface area contributed by atoms with E-state index in [2.05, 4.69) is 15.5 Å². The van der Waals surface area contributed by atoms with Gasteiger partial charge in [0.05, 0.1) is 5.69 Å². The van der Waals surface area contributed by atoms with Crippen LogP contribution in [0.4, 0.5) is 0 Å². The molecule has 72 valence electrons. The Kier molecular flexibility index (Phi) is 3.81. The van der Waals surface area contributed by atoms with Gasteiger partial charge in [-0.1, -0.05) is 18.2 Å². The maximum atomic E-state index is 8.36. The summed E-state index contributed by atoms with van der Waals surface area (Å²) >= 11 is 0. The summed E-state index contributed by atoms with van der Waals surface area (Å²) in [5.74, 6) is 0. The molecule has 0 spiro atoms. The fourth-order valence-electron chi connectivity index (χ4n) is 0.860. The molecular weight excluding hydrogens is 184 g/mol. The monoisotopic (exact) mass is 192 g/mol. The molecule has 0 aliphatic heterocycles. The number of nitrogens with zero attached hydrogens (tertiary/aromatic N) is 4. The number of benzene rings is 1. The van der Waals surface area contributed by atoms with Crippen LogP contribution in [0.1, 0.15) is 0 Å². The second-order valence-corrected chi connectivity index (χ2v) is 2.20. The highest BCUT2D eigenvalue weighted by atomic mass is 16.3. The van der Waals surface area contributed by atoms with E-state index in [1.165, 1.54) is 0 Å². The first-order valence-corrected chi connectivity index (χ1v) is 3.74. The summed E-state index contributed by atoms with van der Waals surface area (Å²) in [7, 11) is 0. The molecule has 1 aromatic heterocycles. The Hall–Kier alpha value is -2.24. The van der Waals surface area contributed by atoms with Gasteiger partial charge in [0.2, 0.25) is 0 Å². The molecule has 1 aromatic carbocycles. The molecule has 0 aliphatic carbocycles. The quantitative estimate of drug-likeness (QED) is 0.660. The minimum absolute atomic E-state index is 0.250. The van der Waals surface area contributed by atoms with Gasteiger partial charge in [-0.25, -0.2) is 4.68 Å². The predicted octanol–water partition coefficient (Wildman–Crippen LogP) is 0.363. The van der Waals surface area contributed by atoms with Crippen molar-refractivity contribution in [2.75, 3.05) is 0 Å². The molecule has 1 N–H and O–H groups in total. The zero-order valence-electron chi connectivity index (χ0n) is 7.19. The third-order valence-electron chi connectivity index (χ3n) is 1.37. The van der Waals surface area contributed by atoms with Gasteiger partial charge in [0.25, 0.3) is 6.47 Å². The second kappa shape index (κ2) is 5.41. The van der Waals surface area contributed by atoms with E-state index in [1.54, 1.807) is 11.0 Å². The zero-order chi connectivity index (χ0) is 10.2. The van der Waals surface area contributed by atoms with E-state index in [0.29, 0.717) is 0 Å². The van der Waals surface area contributed by atoms with Gasteiger partial charge in [0, 0.05) is 0 Å². The van der Waals surface area contributed by atoms with Gasteiger partial charge in [0.15, 0.2) is 0 Å². The van der Waals surface area contributed by atoms with Gasteiger partial charge in [0.1, 0.15) is 6.33 Å². The fourth-order valence-corrected chi connectivity index (χ4v) is 0.860. The standard InChI is InChI=1S/C7H6N4.CH2O2/c1-2-4-7(5-3-1)11-6-8-9-10-11;2-1-3/h1-6H;1H,(H,2,3). The minimum atomic E-state index is -0.250. The van der Waals surface area contributed by atoms with Crippen LogP contribution >= 0.6 is 0 Å². The highest BCUT2D eigenvalue weighted by Gasteiger charge is 1.92. The topological polar surface area (TPSA) is 80.9 Å². The molecule has 1 heterocycles. The molecule has 0 aliphatic rings. The number of tetrazole rings is 1. The fraction of sp³-hybridized carbons (Fsp3) is 0. The van der Waals surface area contributed by atoms with Crippen molar-refractivity contribution in [1.82, 2.24) is 20.2 Å². The number of rotatable bonds is 1. The molecular formula is C8H8N4O2. The van der Waals surface area contributed by atoms with Crippen LogP contribution in [-0.2, 0) is 4.79 Å². The van der Waals surface area contributed by atoms with Gasteiger partial charge in [-0.2, -0.15) is 0 Å². The van der Waals surface area contributed by atoms with Crippen LogP contribution in [0, 0.1) is 0 Å². The van der Waals surface area contributed by atoms with E-state index in [9.17, 15) is 0 Å². The Morgan fingerprint density at radius 2 is 1.93 bits per heavy atom. The summed E-state index contributed by atoms with van der Waals surface area (Å²) in [6.45, 7) is -0.250. The molecule has 6 nitrogen and oxygen atoms in total. The third kappa shape index (κ3) is 2.67. The second-order valence-electron chi connectivity index (χ2n) is 2.20. The lowest BCUT2D eigenvalue weighted by molar-refractivity contribution is -0.122. The molecule has 0 unspecified atom stereocenters. The summed E-state index contributed by atoms with van der Waals surface area (Å²) in [4.78, 5) is 8.36. The Morgan fingerprint density at radius 3 is 2.43 bits per heavy atom. The number of aromatic nitrogens is 4. The SMILES string of the molecule is O=CO.c1ccc(-n2cnnn2)cc1. The van der Waals surface area contributed by atoms with Crippen molar-refractivity contribution in [2.45, 2.75) is 0 Å². The van der Waals surface area contributed by atoms with E-state index in [0.717, 1.165) is 5.69 Å². The maximum Gasteiger partial charge on any atom is 0.290 e. The van der Waals surface area contributed by atoms with Crippen molar-refractivity contribution < 1.29 is 9.90 Å². The van der Waals surface area contributed by atoms with Crippen LogP contribution in [0.2, 0.25) is 0 Å². The summed E-state index contributed by atoms with van der Waals surface area (Å²) in [6, 6.07) is 9.72. The molecule has 0 radical (unpaired) electrons. The van der Waals surface area contributed by atoms with E-state index >= 15 is 0 Å². The van der Waals surface area contributed by atoms with Gasteiger partial charge in [-0.05, 0) is 22.6 Å². The number of carbonyl (C=O) groups is 1.